The third-order valence-electron chi connectivity index (χ3n) is 3.77. The third kappa shape index (κ3) is 7.29. The Morgan fingerprint density at radius 2 is 1.21 bits per heavy atom. The van der Waals surface area contributed by atoms with E-state index in [9.17, 15) is 14.5 Å². The first-order chi connectivity index (χ1) is 13.5. The SMILES string of the molecule is O=C([O-])c1ccc(OP(=O)(OCc2ccccc2)OCc2ccccc2)cc1.[Ag+]. The van der Waals surface area contributed by atoms with Crippen LogP contribution in [-0.2, 0) is 49.2 Å². The summed E-state index contributed by atoms with van der Waals surface area (Å²) in [5, 5.41) is 10.9. The van der Waals surface area contributed by atoms with Crippen LogP contribution in [0.3, 0.4) is 0 Å². The van der Waals surface area contributed by atoms with Gasteiger partial charge in [-0.25, -0.2) is 4.57 Å². The first-order valence-corrected chi connectivity index (χ1v) is 9.98. The summed E-state index contributed by atoms with van der Waals surface area (Å²) >= 11 is 0. The van der Waals surface area contributed by atoms with Crippen molar-refractivity contribution in [1.82, 2.24) is 0 Å². The molecule has 0 aliphatic heterocycles. The smallest absolute Gasteiger partial charge is 0.545 e. The quantitative estimate of drug-likeness (QED) is 0.324. The van der Waals surface area contributed by atoms with Crippen molar-refractivity contribution in [1.29, 1.82) is 0 Å². The summed E-state index contributed by atoms with van der Waals surface area (Å²) in [5.74, 6) is -1.15. The molecule has 0 aliphatic carbocycles. The Labute approximate surface area is 184 Å². The van der Waals surface area contributed by atoms with Crippen LogP contribution in [0.15, 0.2) is 84.9 Å². The zero-order valence-electron chi connectivity index (χ0n) is 15.2. The van der Waals surface area contributed by atoms with Gasteiger partial charge in [0.2, 0.25) is 0 Å². The van der Waals surface area contributed by atoms with E-state index in [0.717, 1.165) is 11.1 Å². The van der Waals surface area contributed by atoms with Crippen LogP contribution in [-0.4, -0.2) is 5.97 Å². The Balaban J connectivity index is 0.00000300. The molecule has 6 nitrogen and oxygen atoms in total. The van der Waals surface area contributed by atoms with Gasteiger partial charge >= 0.3 is 30.2 Å². The molecule has 0 atom stereocenters. The van der Waals surface area contributed by atoms with Crippen LogP contribution in [0.2, 0.25) is 0 Å². The molecule has 0 heterocycles. The summed E-state index contributed by atoms with van der Waals surface area (Å²) in [6, 6.07) is 23.7. The van der Waals surface area contributed by atoms with Crippen LogP contribution >= 0.6 is 7.82 Å². The molecular weight excluding hydrogens is 487 g/mol. The summed E-state index contributed by atoms with van der Waals surface area (Å²) in [7, 11) is -3.97. The van der Waals surface area contributed by atoms with Crippen LogP contribution in [0.25, 0.3) is 0 Å². The van der Waals surface area contributed by atoms with E-state index in [2.05, 4.69) is 0 Å². The maximum Gasteiger partial charge on any atom is 1.00 e. The zero-order chi connectivity index (χ0) is 19.8. The largest absolute Gasteiger partial charge is 1.00 e. The number of aromatic carboxylic acids is 1. The monoisotopic (exact) mass is 504 g/mol. The molecule has 3 aromatic carbocycles. The molecule has 0 saturated carbocycles. The number of carbonyl (C=O) groups is 1. The minimum absolute atomic E-state index is 0. The molecule has 3 rings (SSSR count). The molecule has 0 aromatic heterocycles. The topological polar surface area (TPSA) is 84.9 Å². The molecular formula is C21H18AgO6P. The number of carbonyl (C=O) groups excluding carboxylic acids is 1. The number of hydrogen-bond donors (Lipinski definition) is 0. The Kier molecular flexibility index (Phi) is 8.86. The first-order valence-electron chi connectivity index (χ1n) is 8.52. The van der Waals surface area contributed by atoms with Crippen molar-refractivity contribution in [2.75, 3.05) is 0 Å². The van der Waals surface area contributed by atoms with Crippen molar-refractivity contribution in [3.63, 3.8) is 0 Å². The fourth-order valence-corrected chi connectivity index (χ4v) is 3.50. The van der Waals surface area contributed by atoms with Crippen LogP contribution in [0.1, 0.15) is 21.5 Å². The van der Waals surface area contributed by atoms with Crippen LogP contribution < -0.4 is 9.63 Å². The maximum atomic E-state index is 13.2. The fraction of sp³-hybridized carbons (Fsp3) is 0.0952. The van der Waals surface area contributed by atoms with E-state index in [1.807, 2.05) is 60.7 Å². The third-order valence-corrected chi connectivity index (χ3v) is 5.10. The Morgan fingerprint density at radius 1 is 0.759 bits per heavy atom. The van der Waals surface area contributed by atoms with E-state index in [1.54, 1.807) is 0 Å². The summed E-state index contributed by atoms with van der Waals surface area (Å²) in [6.07, 6.45) is 0. The normalized spacial score (nSPS) is 10.8. The van der Waals surface area contributed by atoms with Gasteiger partial charge in [-0.05, 0) is 41.0 Å². The molecule has 0 N–H and O–H groups in total. The Bertz CT molecular complexity index is 900. The molecule has 0 radical (unpaired) electrons. The van der Waals surface area contributed by atoms with E-state index >= 15 is 0 Å². The molecule has 8 heteroatoms. The van der Waals surface area contributed by atoms with Gasteiger partial charge in [0, 0.05) is 0 Å². The molecule has 29 heavy (non-hydrogen) atoms. The number of rotatable bonds is 9. The molecule has 0 spiro atoms. The summed E-state index contributed by atoms with van der Waals surface area (Å²) in [5.41, 5.74) is 1.60. The average molecular weight is 505 g/mol. The molecule has 0 saturated heterocycles. The van der Waals surface area contributed by atoms with Gasteiger partial charge in [0.15, 0.2) is 0 Å². The van der Waals surface area contributed by atoms with E-state index in [-0.39, 0.29) is 46.9 Å². The molecule has 0 aliphatic rings. The second-order valence-corrected chi connectivity index (χ2v) is 7.46. The summed E-state index contributed by atoms with van der Waals surface area (Å²) in [4.78, 5) is 10.9. The van der Waals surface area contributed by atoms with Gasteiger partial charge in [-0.2, -0.15) is 0 Å². The van der Waals surface area contributed by atoms with Crippen molar-refractivity contribution in [2.24, 2.45) is 0 Å². The van der Waals surface area contributed by atoms with Crippen molar-refractivity contribution in [2.45, 2.75) is 13.2 Å². The molecule has 0 unspecified atom stereocenters. The van der Waals surface area contributed by atoms with Crippen molar-refractivity contribution < 1.29 is 50.4 Å². The van der Waals surface area contributed by atoms with Crippen LogP contribution in [0.5, 0.6) is 5.75 Å². The second-order valence-electron chi connectivity index (χ2n) is 5.87. The number of hydrogen-bond acceptors (Lipinski definition) is 6. The fourth-order valence-electron chi connectivity index (χ4n) is 2.33. The van der Waals surface area contributed by atoms with Gasteiger partial charge in [-0.15, -0.1) is 0 Å². The standard InChI is InChI=1S/C21H19O6P.Ag/c22-21(23)19-11-13-20(14-12-19)27-28(24,25-15-17-7-3-1-4-8-17)26-16-18-9-5-2-6-10-18;/h1-14H,15-16H2,(H,22,23);/q;+1/p-1. The number of benzene rings is 3. The van der Waals surface area contributed by atoms with Crippen molar-refractivity contribution in [3.05, 3.63) is 102 Å². The molecule has 3 aromatic rings. The van der Waals surface area contributed by atoms with E-state index in [1.165, 1.54) is 24.3 Å². The zero-order valence-corrected chi connectivity index (χ0v) is 17.6. The second kappa shape index (κ2) is 11.1. The predicted octanol–water partition coefficient (Wildman–Crippen LogP) is 3.97. The van der Waals surface area contributed by atoms with E-state index < -0.39 is 13.8 Å². The number of phosphoric acid groups is 1. The minimum atomic E-state index is -3.97. The first kappa shape index (κ1) is 23.1. The van der Waals surface area contributed by atoms with Gasteiger partial charge < -0.3 is 14.4 Å². The van der Waals surface area contributed by atoms with Crippen molar-refractivity contribution in [3.8, 4) is 5.75 Å². The van der Waals surface area contributed by atoms with Gasteiger partial charge in [0.05, 0.1) is 19.2 Å². The van der Waals surface area contributed by atoms with Gasteiger partial charge in [0.25, 0.3) is 0 Å². The van der Waals surface area contributed by atoms with Gasteiger partial charge in [-0.3, -0.25) is 9.05 Å². The predicted molar refractivity (Wildman–Crippen MR) is 101 cm³/mol. The Hall–Kier alpha value is -2.18. The minimum Gasteiger partial charge on any atom is -0.545 e. The van der Waals surface area contributed by atoms with Crippen LogP contribution in [0.4, 0.5) is 0 Å². The Morgan fingerprint density at radius 3 is 1.62 bits per heavy atom. The number of phosphoric ester groups is 1. The summed E-state index contributed by atoms with van der Waals surface area (Å²) < 4.78 is 29.6. The maximum absolute atomic E-state index is 13.2. The molecule has 0 amide bonds. The molecule has 0 bridgehead atoms. The van der Waals surface area contributed by atoms with Gasteiger partial charge in [0.1, 0.15) is 5.75 Å². The molecule has 0 fully saturated rings. The summed E-state index contributed by atoms with van der Waals surface area (Å²) in [6.45, 7) is 0.0636. The number of carboxylic acids is 1. The van der Waals surface area contributed by atoms with E-state index in [0.29, 0.717) is 0 Å². The number of carboxylic acid groups (broad SMARTS) is 1. The van der Waals surface area contributed by atoms with Gasteiger partial charge in [-0.1, -0.05) is 60.7 Å². The average Bonchev–Trinajstić information content (AvgIpc) is 2.73. The van der Waals surface area contributed by atoms with Crippen LogP contribution in [0, 0.1) is 0 Å². The molecule has 154 valence electrons. The van der Waals surface area contributed by atoms with E-state index in [4.69, 9.17) is 13.6 Å². The van der Waals surface area contributed by atoms with Crippen molar-refractivity contribution >= 4 is 13.8 Å².